The summed E-state index contributed by atoms with van der Waals surface area (Å²) >= 11 is 0. The first-order valence-electron chi connectivity index (χ1n) is 7.72. The van der Waals surface area contributed by atoms with Crippen LogP contribution in [0.5, 0.6) is 0 Å². The smallest absolute Gasteiger partial charge is 0.229 e. The average molecular weight is 281 g/mol. The monoisotopic (exact) mass is 281 g/mol. The zero-order valence-corrected chi connectivity index (χ0v) is 12.0. The second-order valence-electron chi connectivity index (χ2n) is 6.06. The summed E-state index contributed by atoms with van der Waals surface area (Å²) in [6, 6.07) is 6.34. The zero-order chi connectivity index (χ0) is 14.2. The predicted octanol–water partition coefficient (Wildman–Crippen LogP) is 2.57. The lowest BCUT2D eigenvalue weighted by atomic mass is 9.98. The Bertz CT molecular complexity index is 689. The molecule has 1 N–H and O–H groups in total. The van der Waals surface area contributed by atoms with Crippen molar-refractivity contribution in [2.75, 3.05) is 5.32 Å². The van der Waals surface area contributed by atoms with Crippen LogP contribution in [0.2, 0.25) is 0 Å². The number of imidazole rings is 1. The van der Waals surface area contributed by atoms with Gasteiger partial charge in [-0.3, -0.25) is 4.79 Å². The van der Waals surface area contributed by atoms with Gasteiger partial charge in [-0.2, -0.15) is 0 Å². The van der Waals surface area contributed by atoms with Gasteiger partial charge in [-0.15, -0.1) is 0 Å². The maximum absolute atomic E-state index is 12.5. The van der Waals surface area contributed by atoms with Gasteiger partial charge in [-0.1, -0.05) is 6.07 Å². The molecule has 4 rings (SSSR count). The van der Waals surface area contributed by atoms with Gasteiger partial charge < -0.3 is 9.88 Å². The minimum atomic E-state index is 0.0416. The lowest BCUT2D eigenvalue weighted by molar-refractivity contribution is -0.120. The molecule has 2 heterocycles. The van der Waals surface area contributed by atoms with Crippen molar-refractivity contribution in [1.82, 2.24) is 9.55 Å². The number of fused-ring (bicyclic) bond motifs is 2. The van der Waals surface area contributed by atoms with Gasteiger partial charge in [-0.05, 0) is 48.9 Å². The molecule has 0 fully saturated rings. The Morgan fingerprint density at radius 2 is 2.14 bits per heavy atom. The summed E-state index contributed by atoms with van der Waals surface area (Å²) in [5.74, 6) is 1.27. The molecule has 4 heteroatoms. The topological polar surface area (TPSA) is 46.9 Å². The molecule has 1 aromatic carbocycles. The van der Waals surface area contributed by atoms with Crippen LogP contribution in [0.1, 0.15) is 29.8 Å². The van der Waals surface area contributed by atoms with E-state index >= 15 is 0 Å². The van der Waals surface area contributed by atoms with Crippen molar-refractivity contribution < 1.29 is 4.79 Å². The highest BCUT2D eigenvalue weighted by Gasteiger charge is 2.25. The van der Waals surface area contributed by atoms with E-state index in [0.29, 0.717) is 0 Å². The number of anilines is 1. The van der Waals surface area contributed by atoms with Crippen LogP contribution in [-0.4, -0.2) is 15.5 Å². The third-order valence-electron chi connectivity index (χ3n) is 4.67. The number of carbonyl (C=O) groups is 1. The number of hydrogen-bond acceptors (Lipinski definition) is 2. The van der Waals surface area contributed by atoms with Crippen LogP contribution in [0.25, 0.3) is 0 Å². The van der Waals surface area contributed by atoms with Gasteiger partial charge in [0.1, 0.15) is 5.82 Å². The molecular formula is C17H19N3O. The number of nitrogens with zero attached hydrogens (tertiary/aromatic N) is 2. The van der Waals surface area contributed by atoms with Crippen LogP contribution in [0.3, 0.4) is 0 Å². The molecule has 108 valence electrons. The number of aryl methyl sites for hydroxylation is 3. The zero-order valence-electron chi connectivity index (χ0n) is 12.0. The van der Waals surface area contributed by atoms with Gasteiger partial charge >= 0.3 is 0 Å². The molecule has 1 amide bonds. The molecule has 0 saturated carbocycles. The van der Waals surface area contributed by atoms with Crippen LogP contribution >= 0.6 is 0 Å². The summed E-state index contributed by atoms with van der Waals surface area (Å²) in [6.45, 7) is 0.742. The Morgan fingerprint density at radius 1 is 1.24 bits per heavy atom. The first kappa shape index (κ1) is 12.6. The number of rotatable bonds is 2. The Balaban J connectivity index is 1.47. The van der Waals surface area contributed by atoms with Gasteiger partial charge in [0.2, 0.25) is 5.91 Å². The van der Waals surface area contributed by atoms with E-state index in [0.717, 1.165) is 37.3 Å². The standard InChI is InChI=1S/C17H19N3O/c21-17(14-5-7-16-18-8-9-20(16)11-14)19-15-6-4-12-2-1-3-13(12)10-15/h4,6,8-10,14H,1-3,5,7,11H2,(H,19,21)/t14-/m0/s1. The molecule has 1 aliphatic carbocycles. The second kappa shape index (κ2) is 5.02. The first-order chi connectivity index (χ1) is 10.3. The van der Waals surface area contributed by atoms with Gasteiger partial charge in [-0.25, -0.2) is 4.98 Å². The van der Waals surface area contributed by atoms with E-state index < -0.39 is 0 Å². The van der Waals surface area contributed by atoms with Crippen molar-refractivity contribution in [1.29, 1.82) is 0 Å². The van der Waals surface area contributed by atoms with Crippen LogP contribution in [0, 0.1) is 5.92 Å². The second-order valence-corrected chi connectivity index (χ2v) is 6.06. The fourth-order valence-electron chi connectivity index (χ4n) is 3.47. The Morgan fingerprint density at radius 3 is 3.10 bits per heavy atom. The molecule has 1 aliphatic heterocycles. The predicted molar refractivity (Wildman–Crippen MR) is 81.1 cm³/mol. The number of amides is 1. The highest BCUT2D eigenvalue weighted by Crippen LogP contribution is 2.26. The molecule has 2 aromatic rings. The number of hydrogen-bond donors (Lipinski definition) is 1. The molecule has 0 spiro atoms. The summed E-state index contributed by atoms with van der Waals surface area (Å²) < 4.78 is 2.09. The molecule has 1 aromatic heterocycles. The molecule has 1 atom stereocenters. The normalized spacial score (nSPS) is 19.9. The SMILES string of the molecule is O=C(Nc1ccc2c(c1)CCC2)[C@H]1CCc2nccn2C1. The van der Waals surface area contributed by atoms with Crippen LogP contribution in [0.15, 0.2) is 30.6 Å². The van der Waals surface area contributed by atoms with E-state index in [1.54, 1.807) is 0 Å². The van der Waals surface area contributed by atoms with Crippen molar-refractivity contribution in [2.45, 2.75) is 38.6 Å². The van der Waals surface area contributed by atoms with E-state index in [-0.39, 0.29) is 11.8 Å². The van der Waals surface area contributed by atoms with Gasteiger partial charge in [0.15, 0.2) is 0 Å². The van der Waals surface area contributed by atoms with E-state index in [1.165, 1.54) is 24.0 Å². The number of carbonyl (C=O) groups excluding carboxylic acids is 1. The molecule has 4 nitrogen and oxygen atoms in total. The Hall–Kier alpha value is -2.10. The molecule has 2 aliphatic rings. The Labute approximate surface area is 124 Å². The van der Waals surface area contributed by atoms with Crippen molar-refractivity contribution in [3.8, 4) is 0 Å². The number of benzene rings is 1. The maximum Gasteiger partial charge on any atom is 0.229 e. The van der Waals surface area contributed by atoms with E-state index in [1.807, 2.05) is 18.5 Å². The van der Waals surface area contributed by atoms with Crippen molar-refractivity contribution in [3.05, 3.63) is 47.5 Å². The summed E-state index contributed by atoms with van der Waals surface area (Å²) in [7, 11) is 0. The quantitative estimate of drug-likeness (QED) is 0.919. The number of aromatic nitrogens is 2. The van der Waals surface area contributed by atoms with Gasteiger partial charge in [0.05, 0.1) is 5.92 Å². The minimum absolute atomic E-state index is 0.0416. The molecular weight excluding hydrogens is 262 g/mol. The molecule has 21 heavy (non-hydrogen) atoms. The highest BCUT2D eigenvalue weighted by molar-refractivity contribution is 5.92. The minimum Gasteiger partial charge on any atom is -0.334 e. The van der Waals surface area contributed by atoms with Crippen molar-refractivity contribution >= 4 is 11.6 Å². The molecule has 0 radical (unpaired) electrons. The largest absolute Gasteiger partial charge is 0.334 e. The lowest BCUT2D eigenvalue weighted by Gasteiger charge is -2.23. The van der Waals surface area contributed by atoms with Crippen molar-refractivity contribution in [2.24, 2.45) is 5.92 Å². The van der Waals surface area contributed by atoms with Crippen LogP contribution in [-0.2, 0) is 30.6 Å². The molecule has 0 bridgehead atoms. The van der Waals surface area contributed by atoms with E-state index in [2.05, 4.69) is 27.0 Å². The Kier molecular flexibility index (Phi) is 3.02. The molecule has 0 saturated heterocycles. The fraction of sp³-hybridized carbons (Fsp3) is 0.412. The average Bonchev–Trinajstić information content (AvgIpc) is 3.14. The van der Waals surface area contributed by atoms with E-state index in [4.69, 9.17) is 0 Å². The summed E-state index contributed by atoms with van der Waals surface area (Å²) in [6.07, 6.45) is 9.10. The summed E-state index contributed by atoms with van der Waals surface area (Å²) in [4.78, 5) is 16.8. The third kappa shape index (κ3) is 2.35. The van der Waals surface area contributed by atoms with Crippen molar-refractivity contribution in [3.63, 3.8) is 0 Å². The summed E-state index contributed by atoms with van der Waals surface area (Å²) in [5.41, 5.74) is 3.78. The van der Waals surface area contributed by atoms with Gasteiger partial charge in [0.25, 0.3) is 0 Å². The number of nitrogens with one attached hydrogen (secondary N) is 1. The molecule has 0 unspecified atom stereocenters. The first-order valence-corrected chi connectivity index (χ1v) is 7.72. The van der Waals surface area contributed by atoms with Crippen LogP contribution < -0.4 is 5.32 Å². The highest BCUT2D eigenvalue weighted by atomic mass is 16.1. The van der Waals surface area contributed by atoms with E-state index in [9.17, 15) is 4.79 Å². The summed E-state index contributed by atoms with van der Waals surface area (Å²) in [5, 5.41) is 3.09. The lowest BCUT2D eigenvalue weighted by Crippen LogP contribution is -2.31. The van der Waals surface area contributed by atoms with Gasteiger partial charge in [0, 0.05) is 31.0 Å². The third-order valence-corrected chi connectivity index (χ3v) is 4.67. The maximum atomic E-state index is 12.5. The fourth-order valence-corrected chi connectivity index (χ4v) is 3.47. The van der Waals surface area contributed by atoms with Crippen LogP contribution in [0.4, 0.5) is 5.69 Å².